The second-order valence-corrected chi connectivity index (χ2v) is 8.40. The average molecular weight is 462 g/mol. The Bertz CT molecular complexity index is 1090. The van der Waals surface area contributed by atoms with Crippen molar-refractivity contribution in [3.63, 3.8) is 0 Å². The molecule has 1 aliphatic heterocycles. The summed E-state index contributed by atoms with van der Waals surface area (Å²) in [7, 11) is 0. The maximum atomic E-state index is 13.0. The fraction of sp³-hybridized carbons (Fsp3) is 0.318. The topological polar surface area (TPSA) is 62.5 Å². The molecule has 32 heavy (non-hydrogen) atoms. The van der Waals surface area contributed by atoms with Crippen LogP contribution < -0.4 is 0 Å². The van der Waals surface area contributed by atoms with E-state index in [4.69, 9.17) is 4.52 Å². The van der Waals surface area contributed by atoms with Gasteiger partial charge in [-0.1, -0.05) is 23.4 Å². The number of hydrogen-bond donors (Lipinski definition) is 0. The number of hydrogen-bond acceptors (Lipinski definition) is 6. The van der Waals surface area contributed by atoms with E-state index in [0.29, 0.717) is 32.1 Å². The minimum absolute atomic E-state index is 0.0321. The molecule has 3 heterocycles. The Labute approximate surface area is 187 Å². The predicted octanol–water partition coefficient (Wildman–Crippen LogP) is 4.74. The van der Waals surface area contributed by atoms with Gasteiger partial charge < -0.3 is 9.42 Å². The molecule has 0 spiro atoms. The molecule has 0 saturated carbocycles. The lowest BCUT2D eigenvalue weighted by Gasteiger charge is -2.36. The third-order valence-corrected chi connectivity index (χ3v) is 6.19. The molecule has 6 nitrogen and oxygen atoms in total. The SMILES string of the molecule is CC(c1nc(-c2cccc(C(F)(F)F)c2)no1)N1CCN(C(=O)C=Cc2cccs2)CC1. The fourth-order valence-corrected chi connectivity index (χ4v) is 4.11. The van der Waals surface area contributed by atoms with Gasteiger partial charge in [-0.2, -0.15) is 18.2 Å². The summed E-state index contributed by atoms with van der Waals surface area (Å²) in [5, 5.41) is 5.82. The van der Waals surface area contributed by atoms with E-state index in [2.05, 4.69) is 15.0 Å². The largest absolute Gasteiger partial charge is 0.416 e. The molecule has 10 heteroatoms. The van der Waals surface area contributed by atoms with Crippen LogP contribution in [0, 0.1) is 0 Å². The lowest BCUT2D eigenvalue weighted by Crippen LogP contribution is -2.48. The van der Waals surface area contributed by atoms with Crippen molar-refractivity contribution >= 4 is 23.3 Å². The number of alkyl halides is 3. The summed E-state index contributed by atoms with van der Waals surface area (Å²) in [6.45, 7) is 4.28. The monoisotopic (exact) mass is 462 g/mol. The van der Waals surface area contributed by atoms with Gasteiger partial charge in [0, 0.05) is 42.7 Å². The van der Waals surface area contributed by atoms with Crippen LogP contribution in [0.3, 0.4) is 0 Å². The smallest absolute Gasteiger partial charge is 0.337 e. The lowest BCUT2D eigenvalue weighted by molar-refractivity contribution is -0.137. The molecule has 1 fully saturated rings. The highest BCUT2D eigenvalue weighted by Gasteiger charge is 2.31. The molecular formula is C22H21F3N4O2S. The van der Waals surface area contributed by atoms with Gasteiger partial charge >= 0.3 is 6.18 Å². The van der Waals surface area contributed by atoms with Gasteiger partial charge in [0.2, 0.25) is 17.6 Å². The van der Waals surface area contributed by atoms with Crippen LogP contribution in [0.1, 0.15) is 29.3 Å². The molecule has 0 bridgehead atoms. The first kappa shape index (κ1) is 22.2. The first-order chi connectivity index (χ1) is 15.3. The Balaban J connectivity index is 1.36. The van der Waals surface area contributed by atoms with Crippen LogP contribution in [-0.4, -0.2) is 52.0 Å². The van der Waals surface area contributed by atoms with Crippen LogP contribution in [-0.2, 0) is 11.0 Å². The summed E-state index contributed by atoms with van der Waals surface area (Å²) >= 11 is 1.57. The maximum absolute atomic E-state index is 13.0. The zero-order valence-corrected chi connectivity index (χ0v) is 18.1. The van der Waals surface area contributed by atoms with Crippen molar-refractivity contribution in [2.75, 3.05) is 26.2 Å². The lowest BCUT2D eigenvalue weighted by atomic mass is 10.1. The molecule has 1 unspecified atom stereocenters. The average Bonchev–Trinajstić information content (AvgIpc) is 3.49. The summed E-state index contributed by atoms with van der Waals surface area (Å²) in [6.07, 6.45) is -1.04. The van der Waals surface area contributed by atoms with Gasteiger partial charge in [-0.3, -0.25) is 9.69 Å². The van der Waals surface area contributed by atoms with Crippen molar-refractivity contribution in [1.82, 2.24) is 19.9 Å². The van der Waals surface area contributed by atoms with Crippen molar-refractivity contribution < 1.29 is 22.5 Å². The van der Waals surface area contributed by atoms with Crippen molar-refractivity contribution in [3.05, 3.63) is 64.2 Å². The summed E-state index contributed by atoms with van der Waals surface area (Å²) < 4.78 is 44.2. The second-order valence-electron chi connectivity index (χ2n) is 7.42. The van der Waals surface area contributed by atoms with Gasteiger partial charge in [0.1, 0.15) is 0 Å². The number of benzene rings is 1. The van der Waals surface area contributed by atoms with E-state index in [1.807, 2.05) is 30.5 Å². The van der Waals surface area contributed by atoms with Crippen molar-refractivity contribution in [3.8, 4) is 11.4 Å². The third-order valence-electron chi connectivity index (χ3n) is 5.35. The fourth-order valence-electron chi connectivity index (χ4n) is 3.49. The number of thiophene rings is 1. The van der Waals surface area contributed by atoms with E-state index in [9.17, 15) is 18.0 Å². The minimum Gasteiger partial charge on any atom is -0.337 e. The highest BCUT2D eigenvalue weighted by Crippen LogP contribution is 2.32. The molecule has 1 atom stereocenters. The number of nitrogens with zero attached hydrogens (tertiary/aromatic N) is 4. The first-order valence-corrected chi connectivity index (χ1v) is 10.9. The van der Waals surface area contributed by atoms with Gasteiger partial charge in [-0.05, 0) is 36.6 Å². The highest BCUT2D eigenvalue weighted by molar-refractivity contribution is 7.10. The Kier molecular flexibility index (Phi) is 6.43. The number of piperazine rings is 1. The van der Waals surface area contributed by atoms with E-state index in [1.54, 1.807) is 22.3 Å². The molecule has 0 N–H and O–H groups in total. The Morgan fingerprint density at radius 3 is 2.66 bits per heavy atom. The van der Waals surface area contributed by atoms with Gasteiger partial charge in [-0.25, -0.2) is 0 Å². The van der Waals surface area contributed by atoms with Crippen LogP contribution in [0.15, 0.2) is 52.4 Å². The van der Waals surface area contributed by atoms with E-state index < -0.39 is 11.7 Å². The molecule has 1 aliphatic rings. The molecule has 2 aromatic heterocycles. The van der Waals surface area contributed by atoms with Crippen LogP contribution in [0.4, 0.5) is 13.2 Å². The van der Waals surface area contributed by atoms with Gasteiger partial charge in [0.25, 0.3) is 0 Å². The third kappa shape index (κ3) is 5.08. The highest BCUT2D eigenvalue weighted by atomic mass is 32.1. The number of amides is 1. The molecule has 3 aromatic rings. The van der Waals surface area contributed by atoms with E-state index in [-0.39, 0.29) is 23.3 Å². The Morgan fingerprint density at radius 1 is 1.19 bits per heavy atom. The van der Waals surface area contributed by atoms with Crippen LogP contribution in [0.2, 0.25) is 0 Å². The van der Waals surface area contributed by atoms with Crippen LogP contribution in [0.5, 0.6) is 0 Å². The second kappa shape index (κ2) is 9.25. The quantitative estimate of drug-likeness (QED) is 0.513. The zero-order chi connectivity index (χ0) is 22.7. The molecule has 0 radical (unpaired) electrons. The Hall–Kier alpha value is -2.98. The zero-order valence-electron chi connectivity index (χ0n) is 17.2. The standard InChI is InChI=1S/C22H21F3N4O2S/c1-15(21-26-20(27-31-21)16-4-2-5-17(14-16)22(23,24)25)28-9-11-29(12-10-28)19(30)8-7-18-6-3-13-32-18/h2-8,13-15H,9-12H2,1H3. The Morgan fingerprint density at radius 2 is 1.97 bits per heavy atom. The summed E-state index contributed by atoms with van der Waals surface area (Å²) in [5.41, 5.74) is -0.515. The van der Waals surface area contributed by atoms with Gasteiger partial charge in [0.05, 0.1) is 11.6 Å². The number of carbonyl (C=O) groups excluding carboxylic acids is 1. The number of aromatic nitrogens is 2. The molecule has 0 aliphatic carbocycles. The molecule has 1 aromatic carbocycles. The number of halogens is 3. The molecular weight excluding hydrogens is 441 g/mol. The van der Waals surface area contributed by atoms with Crippen LogP contribution in [0.25, 0.3) is 17.5 Å². The number of carbonyl (C=O) groups is 1. The maximum Gasteiger partial charge on any atom is 0.416 e. The normalized spacial score (nSPS) is 16.6. The van der Waals surface area contributed by atoms with Crippen LogP contribution >= 0.6 is 11.3 Å². The summed E-state index contributed by atoms with van der Waals surface area (Å²) in [6, 6.07) is 8.51. The predicted molar refractivity (Wildman–Crippen MR) is 115 cm³/mol. The van der Waals surface area contributed by atoms with E-state index in [0.717, 1.165) is 17.0 Å². The number of rotatable bonds is 5. The van der Waals surface area contributed by atoms with Crippen molar-refractivity contribution in [2.45, 2.75) is 19.1 Å². The van der Waals surface area contributed by atoms with Gasteiger partial charge in [-0.15, -0.1) is 11.3 Å². The molecule has 168 valence electrons. The van der Waals surface area contributed by atoms with E-state index >= 15 is 0 Å². The molecule has 4 rings (SSSR count). The van der Waals surface area contributed by atoms with Crippen molar-refractivity contribution in [1.29, 1.82) is 0 Å². The molecule has 1 saturated heterocycles. The van der Waals surface area contributed by atoms with Gasteiger partial charge in [0.15, 0.2) is 0 Å². The minimum atomic E-state index is -4.44. The molecule has 1 amide bonds. The van der Waals surface area contributed by atoms with E-state index in [1.165, 1.54) is 12.1 Å². The summed E-state index contributed by atoms with van der Waals surface area (Å²) in [5.74, 6) is 0.413. The summed E-state index contributed by atoms with van der Waals surface area (Å²) in [4.78, 5) is 21.6. The first-order valence-electron chi connectivity index (χ1n) is 10.1. The van der Waals surface area contributed by atoms with Crippen molar-refractivity contribution in [2.24, 2.45) is 0 Å².